The van der Waals surface area contributed by atoms with Crippen molar-refractivity contribution in [2.75, 3.05) is 4.43 Å². The fraction of sp³-hybridized carbons (Fsp3) is 0.222. The molecule has 1 N–H and O–H groups in total. The zero-order chi connectivity index (χ0) is 17.2. The molecule has 0 aliphatic heterocycles. The molecule has 0 heterocycles. The first kappa shape index (κ1) is 18.3. The van der Waals surface area contributed by atoms with Gasteiger partial charge in [0.2, 0.25) is 0 Å². The topological polar surface area (TPSA) is 64.6 Å². The van der Waals surface area contributed by atoms with Gasteiger partial charge in [0, 0.05) is 4.43 Å². The van der Waals surface area contributed by atoms with Gasteiger partial charge in [-0.15, -0.1) is 0 Å². The van der Waals surface area contributed by atoms with Crippen LogP contribution in [0.1, 0.15) is 11.1 Å². The molecule has 0 radical (unpaired) electrons. The van der Waals surface area contributed by atoms with Crippen molar-refractivity contribution in [3.05, 3.63) is 71.8 Å². The van der Waals surface area contributed by atoms with Crippen LogP contribution in [-0.4, -0.2) is 22.5 Å². The average Bonchev–Trinajstić information content (AvgIpc) is 2.64. The number of ether oxygens (including phenoxy) is 2. The highest BCUT2D eigenvalue weighted by molar-refractivity contribution is 14.1. The lowest BCUT2D eigenvalue weighted by molar-refractivity contribution is -0.146. The quantitative estimate of drug-likeness (QED) is 0.408. The number of nitrogens with one attached hydrogen (secondary N) is 1. The molecule has 2 rings (SSSR count). The normalized spacial score (nSPS) is 11.4. The van der Waals surface area contributed by atoms with Crippen LogP contribution in [-0.2, 0) is 27.5 Å². The Hall–Kier alpha value is -2.09. The maximum atomic E-state index is 12.1. The fourth-order valence-corrected chi connectivity index (χ4v) is 2.48. The number of carbonyl (C=O) groups excluding carboxylic acids is 2. The molecule has 0 aliphatic carbocycles. The zero-order valence-electron chi connectivity index (χ0n) is 13.0. The zero-order valence-corrected chi connectivity index (χ0v) is 15.1. The lowest BCUT2D eigenvalue weighted by Crippen LogP contribution is -2.43. The Kier molecular flexibility index (Phi) is 7.54. The van der Waals surface area contributed by atoms with E-state index in [-0.39, 0.29) is 13.2 Å². The van der Waals surface area contributed by atoms with Crippen LogP contribution in [0, 0.1) is 0 Å². The van der Waals surface area contributed by atoms with Crippen LogP contribution in [0.25, 0.3) is 0 Å². The molecule has 24 heavy (non-hydrogen) atoms. The monoisotopic (exact) mass is 439 g/mol. The summed E-state index contributed by atoms with van der Waals surface area (Å²) in [5, 5.41) is 2.53. The number of hydrogen-bond donors (Lipinski definition) is 1. The highest BCUT2D eigenvalue weighted by Crippen LogP contribution is 2.05. The highest BCUT2D eigenvalue weighted by Gasteiger charge is 2.21. The van der Waals surface area contributed by atoms with Gasteiger partial charge in [-0.3, -0.25) is 0 Å². The molecular weight excluding hydrogens is 421 g/mol. The van der Waals surface area contributed by atoms with Crippen molar-refractivity contribution >= 4 is 34.7 Å². The van der Waals surface area contributed by atoms with Crippen LogP contribution >= 0.6 is 22.6 Å². The minimum atomic E-state index is -0.738. The molecule has 0 saturated carbocycles. The largest absolute Gasteiger partial charge is 0.459 e. The second-order valence-electron chi connectivity index (χ2n) is 5.01. The van der Waals surface area contributed by atoms with E-state index in [1.54, 1.807) is 0 Å². The highest BCUT2D eigenvalue weighted by atomic mass is 127. The molecule has 0 unspecified atom stereocenters. The minimum Gasteiger partial charge on any atom is -0.459 e. The lowest BCUT2D eigenvalue weighted by atomic mass is 10.2. The third kappa shape index (κ3) is 6.19. The average molecular weight is 439 g/mol. The van der Waals surface area contributed by atoms with Gasteiger partial charge in [-0.25, -0.2) is 9.59 Å². The number of alkyl halides is 1. The molecule has 1 atom stereocenters. The van der Waals surface area contributed by atoms with E-state index in [1.807, 2.05) is 83.3 Å². The Morgan fingerprint density at radius 3 is 1.88 bits per heavy atom. The van der Waals surface area contributed by atoms with Crippen molar-refractivity contribution in [1.82, 2.24) is 5.32 Å². The van der Waals surface area contributed by atoms with Gasteiger partial charge in [0.25, 0.3) is 0 Å². The summed E-state index contributed by atoms with van der Waals surface area (Å²) >= 11 is 2.02. The molecule has 0 saturated heterocycles. The Balaban J connectivity index is 1.77. The third-order valence-corrected chi connectivity index (χ3v) is 4.05. The van der Waals surface area contributed by atoms with Crippen molar-refractivity contribution in [1.29, 1.82) is 0 Å². The van der Waals surface area contributed by atoms with Crippen LogP contribution in [0.15, 0.2) is 60.7 Å². The van der Waals surface area contributed by atoms with Gasteiger partial charge in [0.1, 0.15) is 19.3 Å². The molecular formula is C18H18INO4. The van der Waals surface area contributed by atoms with E-state index in [4.69, 9.17) is 9.47 Å². The second kappa shape index (κ2) is 9.92. The van der Waals surface area contributed by atoms with E-state index >= 15 is 0 Å². The Labute approximate surface area is 154 Å². The standard InChI is InChI=1S/C18H18INO4/c19-11-16(17(21)23-12-14-7-3-1-4-8-14)20-18(22)24-13-15-9-5-2-6-10-15/h1-10,16H,11-13H2,(H,20,22)/t16-/m1/s1. The number of hydrogen-bond acceptors (Lipinski definition) is 4. The summed E-state index contributed by atoms with van der Waals surface area (Å²) in [5.41, 5.74) is 1.77. The summed E-state index contributed by atoms with van der Waals surface area (Å²) in [6.45, 7) is 0.327. The SMILES string of the molecule is O=C(N[C@H](CI)C(=O)OCc1ccccc1)OCc1ccccc1. The molecule has 0 aliphatic rings. The molecule has 6 heteroatoms. The predicted molar refractivity (Wildman–Crippen MR) is 98.7 cm³/mol. The van der Waals surface area contributed by atoms with Gasteiger partial charge in [-0.1, -0.05) is 83.3 Å². The maximum absolute atomic E-state index is 12.1. The molecule has 126 valence electrons. The van der Waals surface area contributed by atoms with Gasteiger partial charge in [0.05, 0.1) is 0 Å². The van der Waals surface area contributed by atoms with Crippen LogP contribution in [0.5, 0.6) is 0 Å². The summed E-state index contributed by atoms with van der Waals surface area (Å²) in [6.07, 6.45) is -0.641. The summed E-state index contributed by atoms with van der Waals surface area (Å²) in [5.74, 6) is -0.482. The molecule has 2 aromatic rings. The summed E-state index contributed by atoms with van der Waals surface area (Å²) < 4.78 is 10.7. The van der Waals surface area contributed by atoms with E-state index in [0.29, 0.717) is 4.43 Å². The van der Waals surface area contributed by atoms with Gasteiger partial charge in [-0.05, 0) is 11.1 Å². The van der Waals surface area contributed by atoms with E-state index in [2.05, 4.69) is 5.32 Å². The van der Waals surface area contributed by atoms with Crippen molar-refractivity contribution in [2.24, 2.45) is 0 Å². The van der Waals surface area contributed by atoms with E-state index in [9.17, 15) is 9.59 Å². The lowest BCUT2D eigenvalue weighted by Gasteiger charge is -2.15. The molecule has 5 nitrogen and oxygen atoms in total. The van der Waals surface area contributed by atoms with E-state index in [1.165, 1.54) is 0 Å². The van der Waals surface area contributed by atoms with Gasteiger partial charge in [-0.2, -0.15) is 0 Å². The van der Waals surface area contributed by atoms with Crippen LogP contribution < -0.4 is 5.32 Å². The smallest absolute Gasteiger partial charge is 0.408 e. The van der Waals surface area contributed by atoms with Crippen molar-refractivity contribution in [3.63, 3.8) is 0 Å². The second-order valence-corrected chi connectivity index (χ2v) is 5.89. The molecule has 0 fully saturated rings. The maximum Gasteiger partial charge on any atom is 0.408 e. The number of benzene rings is 2. The fourth-order valence-electron chi connectivity index (χ4n) is 1.90. The number of amides is 1. The summed E-state index contributed by atoms with van der Waals surface area (Å²) in [6, 6.07) is 18.0. The third-order valence-electron chi connectivity index (χ3n) is 3.17. The molecule has 0 spiro atoms. The summed E-state index contributed by atoms with van der Waals surface area (Å²) in [4.78, 5) is 23.9. The van der Waals surface area contributed by atoms with Crippen LogP contribution in [0.3, 0.4) is 0 Å². The number of carbonyl (C=O) groups is 2. The summed E-state index contributed by atoms with van der Waals surface area (Å²) in [7, 11) is 0. The molecule has 0 bridgehead atoms. The van der Waals surface area contributed by atoms with E-state index in [0.717, 1.165) is 11.1 Å². The van der Waals surface area contributed by atoms with Gasteiger partial charge >= 0.3 is 12.1 Å². The molecule has 1 amide bonds. The Morgan fingerprint density at radius 2 is 1.38 bits per heavy atom. The molecule has 0 aromatic heterocycles. The number of esters is 1. The first-order valence-corrected chi connectivity index (χ1v) is 8.95. The Bertz CT molecular complexity index is 649. The van der Waals surface area contributed by atoms with Crippen molar-refractivity contribution in [2.45, 2.75) is 19.3 Å². The number of rotatable bonds is 7. The minimum absolute atomic E-state index is 0.152. The van der Waals surface area contributed by atoms with Crippen LogP contribution in [0.2, 0.25) is 0 Å². The van der Waals surface area contributed by atoms with Gasteiger partial charge in [0.15, 0.2) is 0 Å². The Morgan fingerprint density at radius 1 is 0.875 bits per heavy atom. The van der Waals surface area contributed by atoms with Crippen molar-refractivity contribution < 1.29 is 19.1 Å². The first-order valence-electron chi connectivity index (χ1n) is 7.43. The first-order chi connectivity index (χ1) is 11.7. The van der Waals surface area contributed by atoms with Crippen LogP contribution in [0.4, 0.5) is 4.79 Å². The molecule has 2 aromatic carbocycles. The van der Waals surface area contributed by atoms with E-state index < -0.39 is 18.1 Å². The van der Waals surface area contributed by atoms with Gasteiger partial charge < -0.3 is 14.8 Å². The number of alkyl carbamates (subject to hydrolysis) is 1. The number of halogens is 1. The van der Waals surface area contributed by atoms with Crippen molar-refractivity contribution in [3.8, 4) is 0 Å². The predicted octanol–water partition coefficient (Wildman–Crippen LogP) is 3.46.